The first-order valence-electron chi connectivity index (χ1n) is 4.48. The summed E-state index contributed by atoms with van der Waals surface area (Å²) in [7, 11) is 1.61. The molecule has 80 valence electrons. The summed E-state index contributed by atoms with van der Waals surface area (Å²) in [6.07, 6.45) is 0. The average molecular weight is 206 g/mol. The molecule has 5 heteroatoms. The van der Waals surface area contributed by atoms with E-state index in [9.17, 15) is 4.79 Å². The van der Waals surface area contributed by atoms with Gasteiger partial charge >= 0.3 is 0 Å². The Balaban J connectivity index is 2.61. The summed E-state index contributed by atoms with van der Waals surface area (Å²) >= 11 is 0. The van der Waals surface area contributed by atoms with Crippen LogP contribution in [-0.4, -0.2) is 18.9 Å². The average Bonchev–Trinajstić information content (AvgIpc) is 2.26. The molecule has 15 heavy (non-hydrogen) atoms. The minimum atomic E-state index is -0.427. The molecule has 0 heterocycles. The molecule has 0 spiro atoms. The van der Waals surface area contributed by atoms with E-state index in [1.807, 2.05) is 12.1 Å². The van der Waals surface area contributed by atoms with E-state index in [-0.39, 0.29) is 0 Å². The Hall–Kier alpha value is -2.04. The first kappa shape index (κ1) is 11.0. The van der Waals surface area contributed by atoms with E-state index in [0.29, 0.717) is 18.1 Å². The van der Waals surface area contributed by atoms with Crippen molar-refractivity contribution in [3.63, 3.8) is 0 Å². The Bertz CT molecular complexity index is 370. The monoisotopic (exact) mass is 206 g/mol. The molecule has 0 saturated carbocycles. The highest BCUT2D eigenvalue weighted by Crippen LogP contribution is 2.03. The van der Waals surface area contributed by atoms with Crippen LogP contribution in [-0.2, 0) is 6.54 Å². The molecular formula is C10H14N4O. The number of amides is 1. The van der Waals surface area contributed by atoms with Crippen LogP contribution < -0.4 is 16.8 Å². The Morgan fingerprint density at radius 2 is 1.93 bits per heavy atom. The summed E-state index contributed by atoms with van der Waals surface area (Å²) in [6.45, 7) is 0.572. The smallest absolute Gasteiger partial charge is 0.248 e. The van der Waals surface area contributed by atoms with Crippen molar-refractivity contribution < 1.29 is 4.79 Å². The zero-order valence-corrected chi connectivity index (χ0v) is 8.53. The lowest BCUT2D eigenvalue weighted by molar-refractivity contribution is 0.100. The molecule has 1 aromatic rings. The molecule has 0 unspecified atom stereocenters. The largest absolute Gasteiger partial charge is 0.370 e. The number of benzene rings is 1. The fourth-order valence-corrected chi connectivity index (χ4v) is 1.06. The van der Waals surface area contributed by atoms with E-state index in [1.165, 1.54) is 0 Å². The molecule has 0 aliphatic carbocycles. The number of guanidine groups is 1. The highest BCUT2D eigenvalue weighted by atomic mass is 16.1. The van der Waals surface area contributed by atoms with Gasteiger partial charge in [0.1, 0.15) is 0 Å². The molecule has 1 aromatic carbocycles. The number of nitrogens with two attached hydrogens (primary N) is 2. The second-order valence-corrected chi connectivity index (χ2v) is 3.02. The minimum Gasteiger partial charge on any atom is -0.370 e. The molecule has 0 radical (unpaired) electrons. The third-order valence-electron chi connectivity index (χ3n) is 1.95. The first-order chi connectivity index (χ1) is 7.13. The van der Waals surface area contributed by atoms with Gasteiger partial charge in [0.25, 0.3) is 0 Å². The predicted molar refractivity (Wildman–Crippen MR) is 59.3 cm³/mol. The number of carbonyl (C=O) groups excluding carboxylic acids is 1. The fraction of sp³-hybridized carbons (Fsp3) is 0.200. The third-order valence-corrected chi connectivity index (χ3v) is 1.95. The molecule has 1 rings (SSSR count). The summed E-state index contributed by atoms with van der Waals surface area (Å²) in [5, 5.41) is 2.91. The number of primary amides is 1. The highest BCUT2D eigenvalue weighted by molar-refractivity contribution is 5.92. The van der Waals surface area contributed by atoms with Crippen LogP contribution in [0.4, 0.5) is 0 Å². The predicted octanol–water partition coefficient (Wildman–Crippen LogP) is -0.180. The molecule has 0 aromatic heterocycles. The number of carbonyl (C=O) groups is 1. The van der Waals surface area contributed by atoms with Crippen LogP contribution >= 0.6 is 0 Å². The summed E-state index contributed by atoms with van der Waals surface area (Å²) in [6, 6.07) is 6.99. The van der Waals surface area contributed by atoms with Crippen LogP contribution in [0.25, 0.3) is 0 Å². The topological polar surface area (TPSA) is 93.5 Å². The number of hydrogen-bond donors (Lipinski definition) is 3. The van der Waals surface area contributed by atoms with Gasteiger partial charge in [-0.05, 0) is 17.7 Å². The quantitative estimate of drug-likeness (QED) is 0.473. The van der Waals surface area contributed by atoms with Crippen molar-refractivity contribution in [2.45, 2.75) is 6.54 Å². The van der Waals surface area contributed by atoms with Gasteiger partial charge in [0.15, 0.2) is 5.96 Å². The summed E-state index contributed by atoms with van der Waals surface area (Å²) in [5.41, 5.74) is 12.1. The Kier molecular flexibility index (Phi) is 3.68. The van der Waals surface area contributed by atoms with E-state index in [1.54, 1.807) is 19.2 Å². The molecule has 1 amide bonds. The molecule has 5 nitrogen and oxygen atoms in total. The van der Waals surface area contributed by atoms with E-state index in [4.69, 9.17) is 11.5 Å². The molecule has 0 fully saturated rings. The van der Waals surface area contributed by atoms with Gasteiger partial charge in [0.05, 0.1) is 0 Å². The zero-order chi connectivity index (χ0) is 11.3. The van der Waals surface area contributed by atoms with E-state index >= 15 is 0 Å². The second kappa shape index (κ2) is 4.99. The SMILES string of the molecule is CN=C(N)NCc1ccc(C(N)=O)cc1. The van der Waals surface area contributed by atoms with Gasteiger partial charge in [0, 0.05) is 19.2 Å². The van der Waals surface area contributed by atoms with Crippen LogP contribution in [0.1, 0.15) is 15.9 Å². The fourth-order valence-electron chi connectivity index (χ4n) is 1.06. The lowest BCUT2D eigenvalue weighted by Gasteiger charge is -2.05. The van der Waals surface area contributed by atoms with E-state index < -0.39 is 5.91 Å². The lowest BCUT2D eigenvalue weighted by atomic mass is 10.1. The number of nitrogens with one attached hydrogen (secondary N) is 1. The van der Waals surface area contributed by atoms with E-state index in [2.05, 4.69) is 10.3 Å². The third kappa shape index (κ3) is 3.30. The van der Waals surface area contributed by atoms with Crippen molar-refractivity contribution in [3.05, 3.63) is 35.4 Å². The Labute approximate surface area is 88.2 Å². The number of hydrogen-bond acceptors (Lipinski definition) is 2. The van der Waals surface area contributed by atoms with Crippen molar-refractivity contribution in [1.29, 1.82) is 0 Å². The molecule has 0 bridgehead atoms. The maximum absolute atomic E-state index is 10.8. The van der Waals surface area contributed by atoms with Crippen molar-refractivity contribution in [3.8, 4) is 0 Å². The van der Waals surface area contributed by atoms with Gasteiger partial charge < -0.3 is 16.8 Å². The van der Waals surface area contributed by atoms with Gasteiger partial charge in [-0.2, -0.15) is 0 Å². The van der Waals surface area contributed by atoms with Crippen LogP contribution in [0, 0.1) is 0 Å². The summed E-state index contributed by atoms with van der Waals surface area (Å²) < 4.78 is 0. The Morgan fingerprint density at radius 1 is 1.33 bits per heavy atom. The molecular weight excluding hydrogens is 192 g/mol. The van der Waals surface area contributed by atoms with Crippen molar-refractivity contribution in [2.75, 3.05) is 7.05 Å². The van der Waals surface area contributed by atoms with Crippen LogP contribution in [0.2, 0.25) is 0 Å². The van der Waals surface area contributed by atoms with Crippen LogP contribution in [0.15, 0.2) is 29.3 Å². The van der Waals surface area contributed by atoms with E-state index in [0.717, 1.165) is 5.56 Å². The zero-order valence-electron chi connectivity index (χ0n) is 8.53. The number of nitrogens with zero attached hydrogens (tertiary/aromatic N) is 1. The highest BCUT2D eigenvalue weighted by Gasteiger charge is 1.99. The maximum atomic E-state index is 10.8. The first-order valence-corrected chi connectivity index (χ1v) is 4.48. The molecule has 0 saturated heterocycles. The van der Waals surface area contributed by atoms with Crippen molar-refractivity contribution in [2.24, 2.45) is 16.5 Å². The number of rotatable bonds is 3. The van der Waals surface area contributed by atoms with Gasteiger partial charge in [-0.15, -0.1) is 0 Å². The molecule has 5 N–H and O–H groups in total. The van der Waals surface area contributed by atoms with Gasteiger partial charge in [-0.3, -0.25) is 9.79 Å². The van der Waals surface area contributed by atoms with Crippen molar-refractivity contribution in [1.82, 2.24) is 5.32 Å². The van der Waals surface area contributed by atoms with Gasteiger partial charge in [-0.1, -0.05) is 12.1 Å². The van der Waals surface area contributed by atoms with Crippen molar-refractivity contribution >= 4 is 11.9 Å². The molecule has 0 aliphatic heterocycles. The summed E-state index contributed by atoms with van der Waals surface area (Å²) in [4.78, 5) is 14.6. The minimum absolute atomic E-state index is 0.383. The summed E-state index contributed by atoms with van der Waals surface area (Å²) in [5.74, 6) is -0.0434. The standard InChI is InChI=1S/C10H14N4O/c1-13-10(12)14-6-7-2-4-8(5-3-7)9(11)15/h2-5H,6H2,1H3,(H2,11,15)(H3,12,13,14). The van der Waals surface area contributed by atoms with Crippen LogP contribution in [0.5, 0.6) is 0 Å². The maximum Gasteiger partial charge on any atom is 0.248 e. The second-order valence-electron chi connectivity index (χ2n) is 3.02. The molecule has 0 aliphatic rings. The lowest BCUT2D eigenvalue weighted by Crippen LogP contribution is -2.30. The molecule has 0 atom stereocenters. The number of aliphatic imine (C=N–C) groups is 1. The van der Waals surface area contributed by atoms with Crippen LogP contribution in [0.3, 0.4) is 0 Å². The van der Waals surface area contributed by atoms with Gasteiger partial charge in [0.2, 0.25) is 5.91 Å². The Morgan fingerprint density at radius 3 is 2.40 bits per heavy atom. The normalized spacial score (nSPS) is 11.1. The van der Waals surface area contributed by atoms with Gasteiger partial charge in [-0.25, -0.2) is 0 Å².